The number of hydrogen-bond acceptors (Lipinski definition) is 3. The number of benzene rings is 2. The number of rotatable bonds is 6. The summed E-state index contributed by atoms with van der Waals surface area (Å²) >= 11 is 33.2. The van der Waals surface area contributed by atoms with Gasteiger partial charge in [-0.15, -0.1) is 0 Å². The second-order valence-corrected chi connectivity index (χ2v) is 9.93. The van der Waals surface area contributed by atoms with E-state index in [2.05, 4.69) is 36.8 Å². The van der Waals surface area contributed by atoms with E-state index in [1.54, 1.807) is 33.8 Å². The van der Waals surface area contributed by atoms with Gasteiger partial charge in [0, 0.05) is 22.4 Å². The van der Waals surface area contributed by atoms with Crippen LogP contribution in [-0.4, -0.2) is 24.7 Å². The third-order valence-electron chi connectivity index (χ3n) is 4.52. The van der Waals surface area contributed by atoms with E-state index in [1.807, 2.05) is 30.6 Å². The monoisotopic (exact) mass is 602 g/mol. The lowest BCUT2D eigenvalue weighted by atomic mass is 10.2. The van der Waals surface area contributed by atoms with E-state index >= 15 is 0 Å². The highest BCUT2D eigenvalue weighted by atomic mass is 79.9. The van der Waals surface area contributed by atoms with Crippen molar-refractivity contribution < 1.29 is 0 Å². The number of nitrogens with zero attached hydrogens (tertiary/aromatic N) is 4. The highest BCUT2D eigenvalue weighted by Gasteiger charge is 2.11. The molecule has 0 amide bonds. The molecule has 170 valence electrons. The Hall–Kier alpha value is -1.81. The van der Waals surface area contributed by atoms with Gasteiger partial charge in [-0.2, -0.15) is 10.2 Å². The molecule has 0 fully saturated rings. The van der Waals surface area contributed by atoms with Crippen molar-refractivity contribution in [2.24, 2.45) is 0 Å². The fraction of sp³-hybridized carbons (Fsp3) is 0.0952. The van der Waals surface area contributed by atoms with Crippen LogP contribution in [0.3, 0.4) is 0 Å². The summed E-state index contributed by atoms with van der Waals surface area (Å²) < 4.78 is 4.28. The van der Waals surface area contributed by atoms with Gasteiger partial charge in [0.25, 0.3) is 0 Å². The molecule has 0 atom stereocenters. The maximum Gasteiger partial charge on any atom is 0.176 e. The van der Waals surface area contributed by atoms with Crippen molar-refractivity contribution in [1.29, 1.82) is 0 Å². The largest absolute Gasteiger partial charge is 0.330 e. The molecule has 2 aromatic heterocycles. The molecule has 33 heavy (non-hydrogen) atoms. The van der Waals surface area contributed by atoms with Gasteiger partial charge >= 0.3 is 0 Å². The second-order valence-electron chi connectivity index (χ2n) is 7.01. The first kappa shape index (κ1) is 24.3. The van der Waals surface area contributed by atoms with Crippen molar-refractivity contribution in [3.8, 4) is 0 Å². The smallest absolute Gasteiger partial charge is 0.176 e. The number of aromatic nitrogens is 4. The van der Waals surface area contributed by atoms with E-state index < -0.39 is 0 Å². The van der Waals surface area contributed by atoms with Gasteiger partial charge in [-0.1, -0.05) is 58.5 Å². The van der Waals surface area contributed by atoms with Gasteiger partial charge in [-0.3, -0.25) is 9.36 Å². The lowest BCUT2D eigenvalue weighted by Gasteiger charge is -2.07. The minimum absolute atomic E-state index is 0.375. The highest BCUT2D eigenvalue weighted by Crippen LogP contribution is 2.25. The maximum atomic E-state index is 6.25. The SMILES string of the molecule is S=C(Nc1cnn(Cc2ccc(Cl)cc2Cl)c1)Nc1nn(Cc2ccc(Cl)c(Cl)c2)cc1Br. The zero-order valence-electron chi connectivity index (χ0n) is 16.7. The van der Waals surface area contributed by atoms with E-state index in [1.165, 1.54) is 0 Å². The minimum atomic E-state index is 0.375. The lowest BCUT2D eigenvalue weighted by molar-refractivity contribution is 0.687. The predicted octanol–water partition coefficient (Wildman–Crippen LogP) is 7.36. The van der Waals surface area contributed by atoms with Gasteiger partial charge in [0.15, 0.2) is 10.9 Å². The summed E-state index contributed by atoms with van der Waals surface area (Å²) in [5, 5.41) is 17.6. The van der Waals surface area contributed by atoms with Crippen LogP contribution < -0.4 is 10.6 Å². The number of hydrogen-bond donors (Lipinski definition) is 2. The van der Waals surface area contributed by atoms with Gasteiger partial charge in [-0.25, -0.2) is 0 Å². The maximum absolute atomic E-state index is 6.25. The molecule has 2 aromatic carbocycles. The fourth-order valence-corrected chi connectivity index (χ4v) is 4.41. The Morgan fingerprint density at radius 3 is 2.48 bits per heavy atom. The van der Waals surface area contributed by atoms with Crippen LogP contribution in [0.15, 0.2) is 59.5 Å². The Bertz CT molecular complexity index is 1320. The summed E-state index contributed by atoms with van der Waals surface area (Å²) in [6.07, 6.45) is 5.36. The molecule has 0 saturated carbocycles. The Morgan fingerprint density at radius 1 is 0.909 bits per heavy atom. The van der Waals surface area contributed by atoms with E-state index in [0.29, 0.717) is 44.1 Å². The Kier molecular flexibility index (Phi) is 7.83. The predicted molar refractivity (Wildman–Crippen MR) is 143 cm³/mol. The normalized spacial score (nSPS) is 10.9. The zero-order chi connectivity index (χ0) is 23.5. The summed E-state index contributed by atoms with van der Waals surface area (Å²) in [4.78, 5) is 0. The van der Waals surface area contributed by atoms with Crippen LogP contribution in [0.25, 0.3) is 0 Å². The van der Waals surface area contributed by atoms with Crippen molar-refractivity contribution in [2.45, 2.75) is 13.1 Å². The molecule has 0 saturated heterocycles. The Morgan fingerprint density at radius 2 is 1.73 bits per heavy atom. The molecule has 0 spiro atoms. The third kappa shape index (κ3) is 6.41. The summed E-state index contributed by atoms with van der Waals surface area (Å²) in [5.41, 5.74) is 2.61. The average molecular weight is 605 g/mol. The third-order valence-corrected chi connectivity index (χ3v) is 6.63. The number of thiocarbonyl (C=S) groups is 1. The lowest BCUT2D eigenvalue weighted by Crippen LogP contribution is -2.19. The number of halogens is 5. The topological polar surface area (TPSA) is 59.7 Å². The first-order chi connectivity index (χ1) is 15.8. The molecule has 12 heteroatoms. The van der Waals surface area contributed by atoms with Crippen LogP contribution in [0.4, 0.5) is 11.5 Å². The van der Waals surface area contributed by atoms with E-state index in [0.717, 1.165) is 21.3 Å². The molecule has 2 N–H and O–H groups in total. The molecule has 0 unspecified atom stereocenters. The van der Waals surface area contributed by atoms with Crippen molar-refractivity contribution >= 4 is 91.2 Å². The molecule has 0 bridgehead atoms. The minimum Gasteiger partial charge on any atom is -0.330 e. The standard InChI is InChI=1S/C21H15BrCl4N6S/c22-16-11-32(8-12-1-4-17(24)19(26)5-12)30-20(16)29-21(33)28-15-7-27-31(10-15)9-13-2-3-14(23)6-18(13)25/h1-7,10-11H,8-9H2,(H2,28,29,30,33). The molecule has 2 heterocycles. The van der Waals surface area contributed by atoms with E-state index in [9.17, 15) is 0 Å². The van der Waals surface area contributed by atoms with Crippen LogP contribution in [0.2, 0.25) is 20.1 Å². The molecular weight excluding hydrogens is 590 g/mol. The van der Waals surface area contributed by atoms with Gasteiger partial charge in [0.1, 0.15) is 0 Å². The van der Waals surface area contributed by atoms with Crippen molar-refractivity contribution in [3.05, 3.63) is 90.7 Å². The van der Waals surface area contributed by atoms with Gasteiger partial charge < -0.3 is 10.6 Å². The second kappa shape index (κ2) is 10.6. The highest BCUT2D eigenvalue weighted by molar-refractivity contribution is 9.10. The van der Waals surface area contributed by atoms with Crippen LogP contribution in [-0.2, 0) is 13.1 Å². The van der Waals surface area contributed by atoms with E-state index in [-0.39, 0.29) is 0 Å². The Labute approximate surface area is 223 Å². The van der Waals surface area contributed by atoms with Crippen LogP contribution in [0, 0.1) is 0 Å². The van der Waals surface area contributed by atoms with Crippen LogP contribution >= 0.6 is 74.6 Å². The van der Waals surface area contributed by atoms with Gasteiger partial charge in [0.05, 0.1) is 39.5 Å². The zero-order valence-corrected chi connectivity index (χ0v) is 22.1. The number of nitrogens with one attached hydrogen (secondary N) is 2. The fourth-order valence-electron chi connectivity index (χ4n) is 3.00. The summed E-state index contributed by atoms with van der Waals surface area (Å²) in [6.45, 7) is 1.03. The average Bonchev–Trinajstić information content (AvgIpc) is 3.32. The van der Waals surface area contributed by atoms with Crippen LogP contribution in [0.5, 0.6) is 0 Å². The molecule has 0 radical (unpaired) electrons. The van der Waals surface area contributed by atoms with Crippen LogP contribution in [0.1, 0.15) is 11.1 Å². The van der Waals surface area contributed by atoms with Gasteiger partial charge in [0.2, 0.25) is 0 Å². The molecule has 0 aliphatic heterocycles. The molecular formula is C21H15BrCl4N6S. The van der Waals surface area contributed by atoms with Crippen molar-refractivity contribution in [3.63, 3.8) is 0 Å². The first-order valence-corrected chi connectivity index (χ1v) is 12.2. The molecule has 6 nitrogen and oxygen atoms in total. The van der Waals surface area contributed by atoms with Crippen molar-refractivity contribution in [1.82, 2.24) is 19.6 Å². The van der Waals surface area contributed by atoms with Gasteiger partial charge in [-0.05, 0) is 63.5 Å². The first-order valence-electron chi connectivity index (χ1n) is 9.48. The Balaban J connectivity index is 1.36. The molecule has 4 aromatic rings. The molecule has 4 rings (SSSR count). The summed E-state index contributed by atoms with van der Waals surface area (Å²) in [5.74, 6) is 0.577. The molecule has 0 aliphatic rings. The summed E-state index contributed by atoms with van der Waals surface area (Å²) in [6, 6.07) is 10.8. The van der Waals surface area contributed by atoms with E-state index in [4.69, 9.17) is 58.6 Å². The van der Waals surface area contributed by atoms with Crippen molar-refractivity contribution in [2.75, 3.05) is 10.6 Å². The molecule has 0 aliphatic carbocycles. The quantitative estimate of drug-likeness (QED) is 0.225. The number of anilines is 2. The summed E-state index contributed by atoms with van der Waals surface area (Å²) in [7, 11) is 0.